The first-order chi connectivity index (χ1) is 8.34. The lowest BCUT2D eigenvalue weighted by Crippen LogP contribution is -2.30. The Labute approximate surface area is 101 Å². The summed E-state index contributed by atoms with van der Waals surface area (Å²) >= 11 is 0. The highest BCUT2D eigenvalue weighted by Crippen LogP contribution is 2.02. The maximum atomic E-state index is 4.68. The van der Waals surface area contributed by atoms with E-state index in [9.17, 15) is 0 Å². The van der Waals surface area contributed by atoms with Gasteiger partial charge in [-0.05, 0) is 18.9 Å². The Morgan fingerprint density at radius 3 is 2.82 bits per heavy atom. The van der Waals surface area contributed by atoms with Crippen molar-refractivity contribution in [1.29, 1.82) is 0 Å². The zero-order chi connectivity index (χ0) is 11.9. The molecule has 0 bridgehead atoms. The van der Waals surface area contributed by atoms with E-state index in [1.807, 2.05) is 6.07 Å². The van der Waals surface area contributed by atoms with E-state index in [0.29, 0.717) is 6.04 Å². The molecule has 0 aliphatic rings. The Kier molecular flexibility index (Phi) is 4.27. The molecule has 0 saturated heterocycles. The Morgan fingerprint density at radius 2 is 2.12 bits per heavy atom. The van der Waals surface area contributed by atoms with E-state index < -0.39 is 0 Å². The molecule has 1 aromatic carbocycles. The molecular formula is C13H17N3O. The third kappa shape index (κ3) is 4.00. The van der Waals surface area contributed by atoms with Crippen molar-refractivity contribution >= 4 is 0 Å². The van der Waals surface area contributed by atoms with E-state index in [-0.39, 0.29) is 0 Å². The number of nitrogens with one attached hydrogen (secondary N) is 1. The molecule has 1 aromatic heterocycles. The molecule has 2 aromatic rings. The summed E-state index contributed by atoms with van der Waals surface area (Å²) in [6.45, 7) is 3.05. The molecule has 0 saturated carbocycles. The minimum absolute atomic E-state index is 0.448. The zero-order valence-electron chi connectivity index (χ0n) is 9.97. The van der Waals surface area contributed by atoms with Crippen LogP contribution in [0.15, 0.2) is 41.2 Å². The van der Waals surface area contributed by atoms with Gasteiger partial charge in [-0.25, -0.2) is 0 Å². The molecular weight excluding hydrogens is 214 g/mol. The van der Waals surface area contributed by atoms with E-state index in [0.717, 1.165) is 25.2 Å². The minimum Gasteiger partial charge on any atom is -0.343 e. The molecule has 1 unspecified atom stereocenters. The van der Waals surface area contributed by atoms with Crippen molar-refractivity contribution in [1.82, 2.24) is 15.5 Å². The normalized spacial score (nSPS) is 12.5. The van der Waals surface area contributed by atoms with Crippen molar-refractivity contribution in [3.05, 3.63) is 48.1 Å². The summed E-state index contributed by atoms with van der Waals surface area (Å²) in [6.07, 6.45) is 3.20. The summed E-state index contributed by atoms with van der Waals surface area (Å²) in [5.41, 5.74) is 1.35. The smallest absolute Gasteiger partial charge is 0.213 e. The topological polar surface area (TPSA) is 51.0 Å². The van der Waals surface area contributed by atoms with Gasteiger partial charge in [-0.1, -0.05) is 35.5 Å². The number of aromatic nitrogens is 2. The molecule has 4 heteroatoms. The molecule has 1 N–H and O–H groups in total. The van der Waals surface area contributed by atoms with Gasteiger partial charge in [0.2, 0.25) is 6.39 Å². The van der Waals surface area contributed by atoms with Crippen LogP contribution in [0.25, 0.3) is 0 Å². The molecule has 0 aliphatic heterocycles. The van der Waals surface area contributed by atoms with Crippen molar-refractivity contribution < 1.29 is 4.52 Å². The molecule has 17 heavy (non-hydrogen) atoms. The fraction of sp³-hybridized carbons (Fsp3) is 0.385. The molecule has 4 nitrogen and oxygen atoms in total. The highest BCUT2D eigenvalue weighted by Gasteiger charge is 2.03. The van der Waals surface area contributed by atoms with Crippen LogP contribution >= 0.6 is 0 Å². The fourth-order valence-electron chi connectivity index (χ4n) is 1.77. The van der Waals surface area contributed by atoms with Gasteiger partial charge in [0.25, 0.3) is 0 Å². The van der Waals surface area contributed by atoms with Crippen LogP contribution in [0.2, 0.25) is 0 Å². The minimum atomic E-state index is 0.448. The summed E-state index contributed by atoms with van der Waals surface area (Å²) in [5, 5.41) is 7.22. The third-order valence-corrected chi connectivity index (χ3v) is 2.63. The summed E-state index contributed by atoms with van der Waals surface area (Å²) in [6, 6.07) is 10.9. The number of rotatable bonds is 6. The van der Waals surface area contributed by atoms with Gasteiger partial charge in [0.1, 0.15) is 0 Å². The van der Waals surface area contributed by atoms with Gasteiger partial charge in [0, 0.05) is 19.0 Å². The standard InChI is InChI=1S/C13H17N3O/c1-11(9-12-5-3-2-4-6-12)14-8-7-13-15-10-17-16-13/h2-6,10-11,14H,7-9H2,1H3. The van der Waals surface area contributed by atoms with Gasteiger partial charge < -0.3 is 9.84 Å². The van der Waals surface area contributed by atoms with Gasteiger partial charge in [-0.3, -0.25) is 0 Å². The zero-order valence-corrected chi connectivity index (χ0v) is 9.97. The quantitative estimate of drug-likeness (QED) is 0.824. The first-order valence-electron chi connectivity index (χ1n) is 5.87. The molecule has 0 radical (unpaired) electrons. The molecule has 0 aliphatic carbocycles. The van der Waals surface area contributed by atoms with Crippen LogP contribution in [0, 0.1) is 0 Å². The maximum absolute atomic E-state index is 4.68. The molecule has 0 fully saturated rings. The maximum Gasteiger partial charge on any atom is 0.213 e. The van der Waals surface area contributed by atoms with Crippen LogP contribution in [0.5, 0.6) is 0 Å². The van der Waals surface area contributed by atoms with Crippen LogP contribution in [0.4, 0.5) is 0 Å². The van der Waals surface area contributed by atoms with Gasteiger partial charge in [0.05, 0.1) is 0 Å². The molecule has 0 amide bonds. The fourth-order valence-corrected chi connectivity index (χ4v) is 1.77. The van der Waals surface area contributed by atoms with E-state index in [4.69, 9.17) is 0 Å². The van der Waals surface area contributed by atoms with Crippen LogP contribution in [0.3, 0.4) is 0 Å². The van der Waals surface area contributed by atoms with Crippen LogP contribution in [0.1, 0.15) is 18.3 Å². The lowest BCUT2D eigenvalue weighted by atomic mass is 10.1. The van der Waals surface area contributed by atoms with Crippen LogP contribution < -0.4 is 5.32 Å². The summed E-state index contributed by atoms with van der Waals surface area (Å²) < 4.78 is 4.68. The summed E-state index contributed by atoms with van der Waals surface area (Å²) in [4.78, 5) is 3.98. The first kappa shape index (κ1) is 11.8. The second-order valence-electron chi connectivity index (χ2n) is 4.14. The monoisotopic (exact) mass is 231 g/mol. The number of hydrogen-bond donors (Lipinski definition) is 1. The third-order valence-electron chi connectivity index (χ3n) is 2.63. The largest absolute Gasteiger partial charge is 0.343 e. The van der Waals surface area contributed by atoms with Crippen LogP contribution in [-0.4, -0.2) is 22.7 Å². The summed E-state index contributed by atoms with van der Waals surface area (Å²) in [7, 11) is 0. The van der Waals surface area contributed by atoms with E-state index in [1.165, 1.54) is 12.0 Å². The summed E-state index contributed by atoms with van der Waals surface area (Å²) in [5.74, 6) is 0.754. The van der Waals surface area contributed by atoms with Crippen molar-refractivity contribution in [2.24, 2.45) is 0 Å². The Morgan fingerprint density at radius 1 is 1.29 bits per heavy atom. The Balaban J connectivity index is 1.69. The van der Waals surface area contributed by atoms with Crippen molar-refractivity contribution in [3.8, 4) is 0 Å². The van der Waals surface area contributed by atoms with Crippen molar-refractivity contribution in [3.63, 3.8) is 0 Å². The van der Waals surface area contributed by atoms with Crippen LogP contribution in [-0.2, 0) is 12.8 Å². The van der Waals surface area contributed by atoms with E-state index in [1.54, 1.807) is 0 Å². The lowest BCUT2D eigenvalue weighted by Gasteiger charge is -2.12. The first-order valence-corrected chi connectivity index (χ1v) is 5.87. The SMILES string of the molecule is CC(Cc1ccccc1)NCCc1ncon1. The predicted molar refractivity (Wildman–Crippen MR) is 65.6 cm³/mol. The number of benzene rings is 1. The van der Waals surface area contributed by atoms with Crippen molar-refractivity contribution in [2.45, 2.75) is 25.8 Å². The van der Waals surface area contributed by atoms with Gasteiger partial charge in [-0.15, -0.1) is 0 Å². The van der Waals surface area contributed by atoms with Gasteiger partial charge in [0.15, 0.2) is 5.82 Å². The highest BCUT2D eigenvalue weighted by molar-refractivity contribution is 5.15. The molecule has 1 atom stereocenters. The van der Waals surface area contributed by atoms with Crippen molar-refractivity contribution in [2.75, 3.05) is 6.54 Å². The number of nitrogens with zero attached hydrogens (tertiary/aromatic N) is 2. The molecule has 90 valence electrons. The Hall–Kier alpha value is -1.68. The average Bonchev–Trinajstić information content (AvgIpc) is 2.83. The van der Waals surface area contributed by atoms with E-state index in [2.05, 4.69) is 51.2 Å². The van der Waals surface area contributed by atoms with E-state index >= 15 is 0 Å². The number of hydrogen-bond acceptors (Lipinski definition) is 4. The highest BCUT2D eigenvalue weighted by atomic mass is 16.5. The second-order valence-corrected chi connectivity index (χ2v) is 4.14. The average molecular weight is 231 g/mol. The molecule has 2 rings (SSSR count). The molecule has 0 spiro atoms. The van der Waals surface area contributed by atoms with Gasteiger partial charge in [-0.2, -0.15) is 4.98 Å². The lowest BCUT2D eigenvalue weighted by molar-refractivity contribution is 0.408. The second kappa shape index (κ2) is 6.15. The Bertz CT molecular complexity index is 413. The predicted octanol–water partition coefficient (Wildman–Crippen LogP) is 1.83. The van der Waals surface area contributed by atoms with Gasteiger partial charge >= 0.3 is 0 Å². The molecule has 1 heterocycles.